The minimum Gasteiger partial charge on any atom is -0.492 e. The predicted octanol–water partition coefficient (Wildman–Crippen LogP) is 1.58. The average molecular weight is 315 g/mol. The molecule has 6 heteroatoms. The third-order valence-corrected chi connectivity index (χ3v) is 3.53. The summed E-state index contributed by atoms with van der Waals surface area (Å²) >= 11 is 0. The van der Waals surface area contributed by atoms with Crippen molar-refractivity contribution in [3.63, 3.8) is 0 Å². The van der Waals surface area contributed by atoms with E-state index in [2.05, 4.69) is 9.80 Å². The SMILES string of the molecule is Cl.O=C(O)CCN1CCN(CCOc2ccccc2)CC1. The Balaban J connectivity index is 0.00000220. The lowest BCUT2D eigenvalue weighted by Crippen LogP contribution is -2.47. The van der Waals surface area contributed by atoms with Crippen LogP contribution in [-0.4, -0.2) is 66.8 Å². The molecule has 5 nitrogen and oxygen atoms in total. The number of aliphatic carboxylic acids is 1. The van der Waals surface area contributed by atoms with Crippen LogP contribution in [0.1, 0.15) is 6.42 Å². The summed E-state index contributed by atoms with van der Waals surface area (Å²) in [5.41, 5.74) is 0. The fourth-order valence-corrected chi connectivity index (χ4v) is 2.30. The largest absolute Gasteiger partial charge is 0.492 e. The number of rotatable bonds is 7. The Bertz CT molecular complexity index is 409. The van der Waals surface area contributed by atoms with Crippen molar-refractivity contribution in [2.24, 2.45) is 0 Å². The monoisotopic (exact) mass is 314 g/mol. The highest BCUT2D eigenvalue weighted by Gasteiger charge is 2.16. The Kier molecular flexibility index (Phi) is 8.12. The van der Waals surface area contributed by atoms with Crippen LogP contribution in [0.3, 0.4) is 0 Å². The van der Waals surface area contributed by atoms with E-state index in [1.807, 2.05) is 30.3 Å². The van der Waals surface area contributed by atoms with Crippen LogP contribution in [0.25, 0.3) is 0 Å². The van der Waals surface area contributed by atoms with Gasteiger partial charge in [0, 0.05) is 39.3 Å². The molecule has 0 radical (unpaired) electrons. The lowest BCUT2D eigenvalue weighted by Gasteiger charge is -2.34. The molecule has 1 N–H and O–H groups in total. The van der Waals surface area contributed by atoms with Crippen LogP contribution >= 0.6 is 12.4 Å². The van der Waals surface area contributed by atoms with Crippen LogP contribution in [0.2, 0.25) is 0 Å². The molecule has 21 heavy (non-hydrogen) atoms. The lowest BCUT2D eigenvalue weighted by molar-refractivity contribution is -0.137. The van der Waals surface area contributed by atoms with Gasteiger partial charge in [-0.3, -0.25) is 9.69 Å². The Morgan fingerprint density at radius 2 is 1.62 bits per heavy atom. The number of nitrogens with zero attached hydrogens (tertiary/aromatic N) is 2. The van der Waals surface area contributed by atoms with Crippen LogP contribution in [-0.2, 0) is 4.79 Å². The minimum atomic E-state index is -0.719. The first-order valence-electron chi connectivity index (χ1n) is 7.08. The number of ether oxygens (including phenoxy) is 1. The molecule has 1 saturated heterocycles. The van der Waals surface area contributed by atoms with Gasteiger partial charge in [-0.15, -0.1) is 12.4 Å². The van der Waals surface area contributed by atoms with E-state index in [1.165, 1.54) is 0 Å². The van der Waals surface area contributed by atoms with Gasteiger partial charge in [0.2, 0.25) is 0 Å². The number of piperazine rings is 1. The standard InChI is InChI=1S/C15H22N2O3.ClH/c18-15(19)6-7-16-8-10-17(11-9-16)12-13-20-14-4-2-1-3-5-14;/h1-5H,6-13H2,(H,18,19);1H. The Labute approximate surface area is 131 Å². The molecule has 0 saturated carbocycles. The Morgan fingerprint density at radius 3 is 2.19 bits per heavy atom. The topological polar surface area (TPSA) is 53.0 Å². The minimum absolute atomic E-state index is 0. The molecular formula is C15H23ClN2O3. The van der Waals surface area contributed by atoms with Gasteiger partial charge in [-0.2, -0.15) is 0 Å². The van der Waals surface area contributed by atoms with Gasteiger partial charge in [-0.25, -0.2) is 0 Å². The zero-order valence-electron chi connectivity index (χ0n) is 12.1. The molecule has 1 aliphatic rings. The van der Waals surface area contributed by atoms with Crippen LogP contribution in [0.4, 0.5) is 0 Å². The number of carboxylic acids is 1. The molecule has 118 valence electrons. The number of hydrogen-bond acceptors (Lipinski definition) is 4. The van der Waals surface area contributed by atoms with Crippen molar-refractivity contribution >= 4 is 18.4 Å². The summed E-state index contributed by atoms with van der Waals surface area (Å²) in [5.74, 6) is 0.191. The van der Waals surface area contributed by atoms with Crippen molar-refractivity contribution in [3.8, 4) is 5.75 Å². The predicted molar refractivity (Wildman–Crippen MR) is 84.3 cm³/mol. The fourth-order valence-electron chi connectivity index (χ4n) is 2.30. The van der Waals surface area contributed by atoms with Gasteiger partial charge in [-0.1, -0.05) is 18.2 Å². The number of para-hydroxylation sites is 1. The van der Waals surface area contributed by atoms with Crippen molar-refractivity contribution in [2.45, 2.75) is 6.42 Å². The fraction of sp³-hybridized carbons (Fsp3) is 0.533. The van der Waals surface area contributed by atoms with E-state index < -0.39 is 5.97 Å². The van der Waals surface area contributed by atoms with Crippen molar-refractivity contribution in [2.75, 3.05) is 45.9 Å². The lowest BCUT2D eigenvalue weighted by atomic mass is 10.3. The summed E-state index contributed by atoms with van der Waals surface area (Å²) < 4.78 is 5.68. The van der Waals surface area contributed by atoms with Crippen molar-refractivity contribution in [3.05, 3.63) is 30.3 Å². The first kappa shape index (κ1) is 17.8. The van der Waals surface area contributed by atoms with Crippen LogP contribution in [0.15, 0.2) is 30.3 Å². The summed E-state index contributed by atoms with van der Waals surface area (Å²) in [4.78, 5) is 15.1. The molecule has 1 fully saturated rings. The molecular weight excluding hydrogens is 292 g/mol. The number of carbonyl (C=O) groups is 1. The van der Waals surface area contributed by atoms with E-state index in [0.29, 0.717) is 13.2 Å². The third-order valence-electron chi connectivity index (χ3n) is 3.53. The molecule has 1 aromatic carbocycles. The molecule has 1 aliphatic heterocycles. The maximum atomic E-state index is 10.5. The number of halogens is 1. The van der Waals surface area contributed by atoms with Gasteiger partial charge in [0.25, 0.3) is 0 Å². The van der Waals surface area contributed by atoms with E-state index in [1.54, 1.807) is 0 Å². The summed E-state index contributed by atoms with van der Waals surface area (Å²) in [6, 6.07) is 9.84. The van der Waals surface area contributed by atoms with E-state index in [-0.39, 0.29) is 18.8 Å². The molecule has 2 rings (SSSR count). The zero-order valence-corrected chi connectivity index (χ0v) is 12.9. The van der Waals surface area contributed by atoms with Gasteiger partial charge >= 0.3 is 5.97 Å². The zero-order chi connectivity index (χ0) is 14.2. The second-order valence-corrected chi connectivity index (χ2v) is 4.99. The number of carboxylic acid groups (broad SMARTS) is 1. The van der Waals surface area contributed by atoms with Crippen LogP contribution < -0.4 is 4.74 Å². The molecule has 1 aromatic rings. The van der Waals surface area contributed by atoms with Crippen LogP contribution in [0.5, 0.6) is 5.75 Å². The van der Waals surface area contributed by atoms with Crippen molar-refractivity contribution in [1.82, 2.24) is 9.80 Å². The molecule has 0 unspecified atom stereocenters. The van der Waals surface area contributed by atoms with E-state index in [9.17, 15) is 4.79 Å². The van der Waals surface area contributed by atoms with Crippen molar-refractivity contribution < 1.29 is 14.6 Å². The highest BCUT2D eigenvalue weighted by molar-refractivity contribution is 5.85. The van der Waals surface area contributed by atoms with Gasteiger partial charge in [0.05, 0.1) is 6.42 Å². The van der Waals surface area contributed by atoms with Gasteiger partial charge in [-0.05, 0) is 12.1 Å². The number of benzene rings is 1. The molecule has 0 amide bonds. The van der Waals surface area contributed by atoms with E-state index >= 15 is 0 Å². The summed E-state index contributed by atoms with van der Waals surface area (Å²) in [6.07, 6.45) is 0.233. The van der Waals surface area contributed by atoms with Crippen molar-refractivity contribution in [1.29, 1.82) is 0 Å². The van der Waals surface area contributed by atoms with E-state index in [4.69, 9.17) is 9.84 Å². The summed E-state index contributed by atoms with van der Waals surface area (Å²) in [6.45, 7) is 6.12. The van der Waals surface area contributed by atoms with Gasteiger partial charge in [0.15, 0.2) is 0 Å². The van der Waals surface area contributed by atoms with Crippen LogP contribution in [0, 0.1) is 0 Å². The summed E-state index contributed by atoms with van der Waals surface area (Å²) in [7, 11) is 0. The van der Waals surface area contributed by atoms with E-state index in [0.717, 1.165) is 38.5 Å². The Morgan fingerprint density at radius 1 is 1.05 bits per heavy atom. The smallest absolute Gasteiger partial charge is 0.304 e. The maximum absolute atomic E-state index is 10.5. The second kappa shape index (κ2) is 9.60. The molecule has 0 atom stereocenters. The molecule has 0 spiro atoms. The molecule has 1 heterocycles. The highest BCUT2D eigenvalue weighted by atomic mass is 35.5. The van der Waals surface area contributed by atoms with Gasteiger partial charge < -0.3 is 14.7 Å². The maximum Gasteiger partial charge on any atom is 0.304 e. The molecule has 0 bridgehead atoms. The second-order valence-electron chi connectivity index (χ2n) is 4.99. The highest BCUT2D eigenvalue weighted by Crippen LogP contribution is 2.08. The van der Waals surface area contributed by atoms with Gasteiger partial charge in [0.1, 0.15) is 12.4 Å². The average Bonchev–Trinajstić information content (AvgIpc) is 2.47. The first-order valence-corrected chi connectivity index (χ1v) is 7.08. The Hall–Kier alpha value is -1.30. The quantitative estimate of drug-likeness (QED) is 0.828. The first-order chi connectivity index (χ1) is 9.74. The summed E-state index contributed by atoms with van der Waals surface area (Å²) in [5, 5.41) is 8.67. The third kappa shape index (κ3) is 6.80. The normalized spacial score (nSPS) is 16.2. The number of hydrogen-bond donors (Lipinski definition) is 1. The molecule has 0 aromatic heterocycles. The molecule has 0 aliphatic carbocycles.